The van der Waals surface area contributed by atoms with E-state index in [4.69, 9.17) is 0 Å². The van der Waals surface area contributed by atoms with Crippen LogP contribution in [0.2, 0.25) is 0 Å². The van der Waals surface area contributed by atoms with Crippen molar-refractivity contribution in [3.8, 4) is 0 Å². The second kappa shape index (κ2) is 6.00. The second-order valence-corrected chi connectivity index (χ2v) is 6.75. The highest BCUT2D eigenvalue weighted by atomic mass is 79.9. The lowest BCUT2D eigenvalue weighted by Crippen LogP contribution is -2.29. The summed E-state index contributed by atoms with van der Waals surface area (Å²) in [5.41, 5.74) is 1.97. The zero-order valence-corrected chi connectivity index (χ0v) is 15.0. The Bertz CT molecular complexity index is 624. The van der Waals surface area contributed by atoms with Gasteiger partial charge in [0.1, 0.15) is 0 Å². The monoisotopic (exact) mass is 400 g/mol. The van der Waals surface area contributed by atoms with Crippen LogP contribution >= 0.6 is 31.9 Å². The molecular formula is C15H18Br2N2O. The molecule has 0 saturated heterocycles. The Kier molecular flexibility index (Phi) is 4.72. The Hall–Kier alpha value is -0.650. The number of halogens is 2. The molecule has 0 fully saturated rings. The molecule has 0 aliphatic rings. The van der Waals surface area contributed by atoms with Gasteiger partial charge in [-0.1, -0.05) is 35.0 Å². The summed E-state index contributed by atoms with van der Waals surface area (Å²) < 4.78 is 3.78. The van der Waals surface area contributed by atoms with E-state index >= 15 is 0 Å². The average molecular weight is 402 g/mol. The molecule has 1 atom stereocenters. The first kappa shape index (κ1) is 15.7. The third kappa shape index (κ3) is 3.00. The van der Waals surface area contributed by atoms with Crippen LogP contribution in [0.4, 0.5) is 0 Å². The van der Waals surface area contributed by atoms with Crippen molar-refractivity contribution in [1.29, 1.82) is 0 Å². The lowest BCUT2D eigenvalue weighted by Gasteiger charge is -2.28. The summed E-state index contributed by atoms with van der Waals surface area (Å²) in [7, 11) is 1.91. The Morgan fingerprint density at radius 1 is 1.35 bits per heavy atom. The largest absolute Gasteiger partial charge is 0.385 e. The van der Waals surface area contributed by atoms with E-state index in [0.717, 1.165) is 25.9 Å². The maximum atomic E-state index is 11.0. The zero-order chi connectivity index (χ0) is 14.9. The van der Waals surface area contributed by atoms with Crippen LogP contribution < -0.4 is 0 Å². The fraction of sp³-hybridized carbons (Fsp3) is 0.400. The molecule has 1 N–H and O–H groups in total. The number of aliphatic hydroxyl groups is 1. The van der Waals surface area contributed by atoms with Crippen molar-refractivity contribution < 1.29 is 5.11 Å². The summed E-state index contributed by atoms with van der Waals surface area (Å²) in [6, 6.07) is 7.85. The van der Waals surface area contributed by atoms with Crippen molar-refractivity contribution in [3.63, 3.8) is 0 Å². The van der Waals surface area contributed by atoms with Gasteiger partial charge in [0.15, 0.2) is 0 Å². The van der Waals surface area contributed by atoms with E-state index in [1.165, 1.54) is 0 Å². The smallest absolute Gasteiger partial charge is 0.0949 e. The minimum Gasteiger partial charge on any atom is -0.385 e. The van der Waals surface area contributed by atoms with Gasteiger partial charge in [0.25, 0.3) is 0 Å². The Morgan fingerprint density at radius 2 is 2.05 bits per heavy atom. The quantitative estimate of drug-likeness (QED) is 0.837. The summed E-state index contributed by atoms with van der Waals surface area (Å²) in [5.74, 6) is 0. The molecule has 0 aliphatic heterocycles. The number of rotatable bonds is 4. The highest BCUT2D eigenvalue weighted by molar-refractivity contribution is 9.10. The normalized spacial score (nSPS) is 14.3. The van der Waals surface area contributed by atoms with Crippen LogP contribution in [0.1, 0.15) is 30.3 Å². The molecule has 3 nitrogen and oxygen atoms in total. The van der Waals surface area contributed by atoms with Crippen LogP contribution in [0.5, 0.6) is 0 Å². The van der Waals surface area contributed by atoms with E-state index < -0.39 is 5.60 Å². The summed E-state index contributed by atoms with van der Waals surface area (Å²) in [6.45, 7) is 3.95. The molecule has 0 radical (unpaired) electrons. The molecule has 0 spiro atoms. The fourth-order valence-corrected chi connectivity index (χ4v) is 3.23. The standard InChI is InChI=1S/C15H18Br2N2O/c1-4-15(20,11-6-5-7-12(16)8-11)9-13-14(17)10(2)18-19(13)3/h5-8,20H,4,9H2,1-3H3. The number of aromatic nitrogens is 2. The average Bonchev–Trinajstić information content (AvgIpc) is 2.65. The first-order valence-corrected chi connectivity index (χ1v) is 8.12. The van der Waals surface area contributed by atoms with Crippen LogP contribution in [0, 0.1) is 6.92 Å². The molecule has 0 bridgehead atoms. The highest BCUT2D eigenvalue weighted by Gasteiger charge is 2.30. The Morgan fingerprint density at radius 3 is 2.55 bits per heavy atom. The fourth-order valence-electron chi connectivity index (χ4n) is 2.36. The second-order valence-electron chi connectivity index (χ2n) is 5.04. The van der Waals surface area contributed by atoms with Crippen LogP contribution in [0.15, 0.2) is 33.2 Å². The van der Waals surface area contributed by atoms with Gasteiger partial charge in [-0.15, -0.1) is 0 Å². The Balaban J connectivity index is 2.41. The highest BCUT2D eigenvalue weighted by Crippen LogP contribution is 2.33. The molecule has 108 valence electrons. The topological polar surface area (TPSA) is 38.1 Å². The van der Waals surface area contributed by atoms with Gasteiger partial charge in [0.2, 0.25) is 0 Å². The van der Waals surface area contributed by atoms with E-state index in [-0.39, 0.29) is 0 Å². The molecule has 1 aromatic heterocycles. The van der Waals surface area contributed by atoms with Crippen LogP contribution in [0.3, 0.4) is 0 Å². The first-order valence-electron chi connectivity index (χ1n) is 6.54. The van der Waals surface area contributed by atoms with Gasteiger partial charge in [-0.05, 0) is 47.0 Å². The molecule has 20 heavy (non-hydrogen) atoms. The lowest BCUT2D eigenvalue weighted by atomic mass is 9.86. The number of aryl methyl sites for hydroxylation is 2. The third-order valence-electron chi connectivity index (χ3n) is 3.67. The van der Waals surface area contributed by atoms with Gasteiger partial charge in [-0.2, -0.15) is 5.10 Å². The zero-order valence-electron chi connectivity index (χ0n) is 11.8. The van der Waals surface area contributed by atoms with Gasteiger partial charge in [0.05, 0.1) is 21.5 Å². The maximum absolute atomic E-state index is 11.0. The Labute approximate surface area is 136 Å². The van der Waals surface area contributed by atoms with Gasteiger partial charge in [0, 0.05) is 17.9 Å². The van der Waals surface area contributed by atoms with Gasteiger partial charge in [-0.3, -0.25) is 4.68 Å². The van der Waals surface area contributed by atoms with E-state index in [0.29, 0.717) is 12.8 Å². The number of benzene rings is 1. The summed E-state index contributed by atoms with van der Waals surface area (Å²) in [4.78, 5) is 0. The number of nitrogens with zero attached hydrogens (tertiary/aromatic N) is 2. The van der Waals surface area contributed by atoms with E-state index in [1.54, 1.807) is 0 Å². The molecule has 5 heteroatoms. The summed E-state index contributed by atoms with van der Waals surface area (Å²) >= 11 is 7.03. The van der Waals surface area contributed by atoms with E-state index in [1.807, 2.05) is 49.8 Å². The maximum Gasteiger partial charge on any atom is 0.0949 e. The molecule has 0 aliphatic carbocycles. The van der Waals surface area contributed by atoms with Crippen molar-refractivity contribution in [2.75, 3.05) is 0 Å². The molecule has 1 heterocycles. The number of hydrogen-bond donors (Lipinski definition) is 1. The molecule has 2 aromatic rings. The van der Waals surface area contributed by atoms with Crippen LogP contribution in [-0.4, -0.2) is 14.9 Å². The van der Waals surface area contributed by atoms with Crippen molar-refractivity contribution in [1.82, 2.24) is 9.78 Å². The molecule has 0 saturated carbocycles. The van der Waals surface area contributed by atoms with E-state index in [9.17, 15) is 5.11 Å². The van der Waals surface area contributed by atoms with Crippen LogP contribution in [0.25, 0.3) is 0 Å². The van der Waals surface area contributed by atoms with Crippen molar-refractivity contribution in [2.24, 2.45) is 7.05 Å². The minimum atomic E-state index is -0.896. The minimum absolute atomic E-state index is 0.526. The molecule has 1 aromatic carbocycles. The third-order valence-corrected chi connectivity index (χ3v) is 5.19. The van der Waals surface area contributed by atoms with E-state index in [2.05, 4.69) is 37.0 Å². The molecular weight excluding hydrogens is 384 g/mol. The van der Waals surface area contributed by atoms with Crippen molar-refractivity contribution in [2.45, 2.75) is 32.3 Å². The molecule has 1 unspecified atom stereocenters. The van der Waals surface area contributed by atoms with Gasteiger partial charge in [-0.25, -0.2) is 0 Å². The van der Waals surface area contributed by atoms with Crippen molar-refractivity contribution >= 4 is 31.9 Å². The first-order chi connectivity index (χ1) is 9.37. The van der Waals surface area contributed by atoms with Crippen molar-refractivity contribution in [3.05, 3.63) is 50.2 Å². The van der Waals surface area contributed by atoms with Crippen LogP contribution in [-0.2, 0) is 19.1 Å². The number of hydrogen-bond acceptors (Lipinski definition) is 2. The molecule has 0 amide bonds. The molecule has 2 rings (SSSR count). The predicted octanol–water partition coefficient (Wildman–Crippen LogP) is 4.09. The predicted molar refractivity (Wildman–Crippen MR) is 87.7 cm³/mol. The van der Waals surface area contributed by atoms with Gasteiger partial charge < -0.3 is 5.11 Å². The SMILES string of the molecule is CCC(O)(Cc1c(Br)c(C)nn1C)c1cccc(Br)c1. The summed E-state index contributed by atoms with van der Waals surface area (Å²) in [6.07, 6.45) is 1.16. The van der Waals surface area contributed by atoms with Gasteiger partial charge >= 0.3 is 0 Å². The summed E-state index contributed by atoms with van der Waals surface area (Å²) in [5, 5.41) is 15.4. The lowest BCUT2D eigenvalue weighted by molar-refractivity contribution is 0.0306.